The highest BCUT2D eigenvalue weighted by Crippen LogP contribution is 2.26. The van der Waals surface area contributed by atoms with E-state index in [-0.39, 0.29) is 0 Å². The number of hydrogen-bond donors (Lipinski definition) is 0. The highest BCUT2D eigenvalue weighted by Gasteiger charge is 2.22. The van der Waals surface area contributed by atoms with Gasteiger partial charge >= 0.3 is 0 Å². The van der Waals surface area contributed by atoms with E-state index < -0.39 is 9.84 Å². The quantitative estimate of drug-likeness (QED) is 0.759. The van der Waals surface area contributed by atoms with E-state index in [1.807, 2.05) is 0 Å². The van der Waals surface area contributed by atoms with E-state index in [0.29, 0.717) is 11.5 Å². The summed E-state index contributed by atoms with van der Waals surface area (Å²) in [6.45, 7) is 2.63. The molecule has 1 aliphatic heterocycles. The molecule has 3 nitrogen and oxygen atoms in total. The summed E-state index contributed by atoms with van der Waals surface area (Å²) in [5.41, 5.74) is 0. The lowest BCUT2D eigenvalue weighted by Gasteiger charge is -2.29. The summed E-state index contributed by atoms with van der Waals surface area (Å²) in [6.07, 6.45) is 8.29. The zero-order valence-electron chi connectivity index (χ0n) is 10.0. The Kier molecular flexibility index (Phi) is 4.25. The van der Waals surface area contributed by atoms with Crippen LogP contribution in [0.5, 0.6) is 0 Å². The summed E-state index contributed by atoms with van der Waals surface area (Å²) < 4.78 is 22.6. The van der Waals surface area contributed by atoms with Crippen LogP contribution in [0, 0.1) is 5.92 Å². The average molecular weight is 245 g/mol. The monoisotopic (exact) mass is 245 g/mol. The minimum Gasteiger partial charge on any atom is -0.301 e. The largest absolute Gasteiger partial charge is 0.301 e. The van der Waals surface area contributed by atoms with E-state index >= 15 is 0 Å². The van der Waals surface area contributed by atoms with Crippen LogP contribution in [0.1, 0.15) is 38.5 Å². The van der Waals surface area contributed by atoms with Gasteiger partial charge in [0.15, 0.2) is 9.84 Å². The zero-order valence-corrected chi connectivity index (χ0v) is 10.8. The van der Waals surface area contributed by atoms with Crippen LogP contribution in [-0.4, -0.2) is 44.5 Å². The molecule has 0 amide bonds. The fourth-order valence-corrected chi connectivity index (χ4v) is 4.09. The molecule has 0 aromatic rings. The van der Waals surface area contributed by atoms with E-state index in [1.165, 1.54) is 38.5 Å². The van der Waals surface area contributed by atoms with Crippen LogP contribution in [0.2, 0.25) is 0 Å². The fraction of sp³-hybridized carbons (Fsp3) is 1.00. The van der Waals surface area contributed by atoms with E-state index in [0.717, 1.165) is 25.6 Å². The second-order valence-electron chi connectivity index (χ2n) is 5.29. The van der Waals surface area contributed by atoms with Gasteiger partial charge in [-0.2, -0.15) is 0 Å². The molecule has 1 saturated carbocycles. The Morgan fingerprint density at radius 1 is 1.00 bits per heavy atom. The molecule has 0 radical (unpaired) electrons. The lowest BCUT2D eigenvalue weighted by Crippen LogP contribution is -2.41. The first kappa shape index (κ1) is 12.4. The van der Waals surface area contributed by atoms with Crippen molar-refractivity contribution in [3.63, 3.8) is 0 Å². The predicted molar refractivity (Wildman–Crippen MR) is 66.3 cm³/mol. The summed E-state index contributed by atoms with van der Waals surface area (Å²) in [7, 11) is -2.70. The molecule has 2 fully saturated rings. The van der Waals surface area contributed by atoms with Crippen molar-refractivity contribution >= 4 is 9.84 Å². The maximum absolute atomic E-state index is 11.3. The number of nitrogens with zero attached hydrogens (tertiary/aromatic N) is 1. The lowest BCUT2D eigenvalue weighted by molar-refractivity contribution is 0.244. The molecule has 0 spiro atoms. The Bertz CT molecular complexity index is 293. The first-order valence-electron chi connectivity index (χ1n) is 6.58. The summed E-state index contributed by atoms with van der Waals surface area (Å²) in [5.74, 6) is 1.65. The molecule has 1 aliphatic carbocycles. The zero-order chi connectivity index (χ0) is 11.4. The fourth-order valence-electron chi connectivity index (χ4n) is 2.81. The van der Waals surface area contributed by atoms with Crippen molar-refractivity contribution in [2.75, 3.05) is 31.1 Å². The molecule has 0 aromatic heterocycles. The molecular formula is C12H23NO2S. The maximum Gasteiger partial charge on any atom is 0.152 e. The molecule has 2 aliphatic rings. The highest BCUT2D eigenvalue weighted by atomic mass is 32.2. The van der Waals surface area contributed by atoms with Crippen LogP contribution in [0.15, 0.2) is 0 Å². The van der Waals surface area contributed by atoms with Crippen molar-refractivity contribution < 1.29 is 8.42 Å². The van der Waals surface area contributed by atoms with Gasteiger partial charge in [0.25, 0.3) is 0 Å². The molecule has 1 saturated heterocycles. The van der Waals surface area contributed by atoms with Gasteiger partial charge in [-0.3, -0.25) is 0 Å². The van der Waals surface area contributed by atoms with Gasteiger partial charge in [0.05, 0.1) is 11.5 Å². The van der Waals surface area contributed by atoms with Crippen molar-refractivity contribution in [1.29, 1.82) is 0 Å². The Morgan fingerprint density at radius 3 is 2.25 bits per heavy atom. The summed E-state index contributed by atoms with van der Waals surface area (Å²) >= 11 is 0. The number of rotatable bonds is 3. The second kappa shape index (κ2) is 5.50. The smallest absolute Gasteiger partial charge is 0.152 e. The lowest BCUT2D eigenvalue weighted by atomic mass is 9.87. The van der Waals surface area contributed by atoms with Crippen molar-refractivity contribution in [3.05, 3.63) is 0 Å². The molecule has 0 aromatic carbocycles. The van der Waals surface area contributed by atoms with Crippen LogP contribution in [0.3, 0.4) is 0 Å². The van der Waals surface area contributed by atoms with E-state index in [1.54, 1.807) is 0 Å². The highest BCUT2D eigenvalue weighted by molar-refractivity contribution is 7.91. The van der Waals surface area contributed by atoms with Crippen LogP contribution in [-0.2, 0) is 9.84 Å². The Balaban J connectivity index is 1.67. The molecule has 0 atom stereocenters. The van der Waals surface area contributed by atoms with Gasteiger partial charge in [0.2, 0.25) is 0 Å². The number of sulfone groups is 1. The van der Waals surface area contributed by atoms with Gasteiger partial charge in [0, 0.05) is 13.1 Å². The van der Waals surface area contributed by atoms with Crippen LogP contribution in [0.4, 0.5) is 0 Å². The van der Waals surface area contributed by atoms with Gasteiger partial charge in [0.1, 0.15) is 0 Å². The third-order valence-electron chi connectivity index (χ3n) is 4.02. The molecule has 4 heteroatoms. The molecule has 0 N–H and O–H groups in total. The Hall–Kier alpha value is -0.0900. The standard InChI is InChI=1S/C12H23NO2S/c14-16(15)10-8-13(9-11-16)7-6-12-4-2-1-3-5-12/h12H,1-11H2. The van der Waals surface area contributed by atoms with E-state index in [4.69, 9.17) is 0 Å². The minimum absolute atomic E-state index is 0.373. The van der Waals surface area contributed by atoms with E-state index in [2.05, 4.69) is 4.90 Å². The number of hydrogen-bond acceptors (Lipinski definition) is 3. The first-order valence-corrected chi connectivity index (χ1v) is 8.41. The van der Waals surface area contributed by atoms with Gasteiger partial charge in [-0.1, -0.05) is 32.1 Å². The van der Waals surface area contributed by atoms with Gasteiger partial charge in [-0.25, -0.2) is 8.42 Å². The molecule has 94 valence electrons. The second-order valence-corrected chi connectivity index (χ2v) is 7.59. The molecule has 1 heterocycles. The summed E-state index contributed by atoms with van der Waals surface area (Å²) in [4.78, 5) is 2.33. The van der Waals surface area contributed by atoms with Gasteiger partial charge in [-0.15, -0.1) is 0 Å². The normalized spacial score (nSPS) is 28.0. The third-order valence-corrected chi connectivity index (χ3v) is 5.62. The van der Waals surface area contributed by atoms with Gasteiger partial charge in [-0.05, 0) is 18.9 Å². The van der Waals surface area contributed by atoms with Crippen molar-refractivity contribution in [2.45, 2.75) is 38.5 Å². The molecule has 0 bridgehead atoms. The third kappa shape index (κ3) is 3.74. The minimum atomic E-state index is -2.70. The summed E-state index contributed by atoms with van der Waals surface area (Å²) in [6, 6.07) is 0. The Morgan fingerprint density at radius 2 is 1.62 bits per heavy atom. The van der Waals surface area contributed by atoms with Crippen LogP contribution < -0.4 is 0 Å². The van der Waals surface area contributed by atoms with Crippen molar-refractivity contribution in [2.24, 2.45) is 5.92 Å². The summed E-state index contributed by atoms with van der Waals surface area (Å²) in [5, 5.41) is 0. The SMILES string of the molecule is O=S1(=O)CCN(CCC2CCCCC2)CC1. The van der Waals surface area contributed by atoms with Crippen LogP contribution in [0.25, 0.3) is 0 Å². The molecule has 0 unspecified atom stereocenters. The van der Waals surface area contributed by atoms with Gasteiger partial charge < -0.3 is 4.90 Å². The van der Waals surface area contributed by atoms with Crippen molar-refractivity contribution in [3.8, 4) is 0 Å². The molecule has 2 rings (SSSR count). The maximum atomic E-state index is 11.3. The predicted octanol–water partition coefficient (Wildman–Crippen LogP) is 1.69. The topological polar surface area (TPSA) is 37.4 Å². The average Bonchev–Trinajstić information content (AvgIpc) is 2.29. The van der Waals surface area contributed by atoms with Crippen molar-refractivity contribution in [1.82, 2.24) is 4.90 Å². The van der Waals surface area contributed by atoms with E-state index in [9.17, 15) is 8.42 Å². The Labute approximate surface area is 99.1 Å². The molecular weight excluding hydrogens is 222 g/mol. The first-order chi connectivity index (χ1) is 7.66. The van der Waals surface area contributed by atoms with Crippen LogP contribution >= 0.6 is 0 Å². The molecule has 16 heavy (non-hydrogen) atoms.